The quantitative estimate of drug-likeness (QED) is 0.357. The van der Waals surface area contributed by atoms with Gasteiger partial charge < -0.3 is 20.7 Å². The summed E-state index contributed by atoms with van der Waals surface area (Å²) in [6.45, 7) is 11.0. The molecule has 1 unspecified atom stereocenters. The van der Waals surface area contributed by atoms with Gasteiger partial charge in [-0.2, -0.15) is 0 Å². The molecule has 0 aromatic heterocycles. The summed E-state index contributed by atoms with van der Waals surface area (Å²) in [4.78, 5) is 13.7. The van der Waals surface area contributed by atoms with Crippen molar-refractivity contribution in [1.29, 1.82) is 0 Å². The highest BCUT2D eigenvalue weighted by Gasteiger charge is 2.31. The molecule has 1 aliphatic heterocycles. The Morgan fingerprint density at radius 1 is 1.35 bits per heavy atom. The molecule has 0 saturated carbocycles. The molecule has 0 aromatic carbocycles. The van der Waals surface area contributed by atoms with Crippen LogP contribution in [0.3, 0.4) is 0 Å². The minimum absolute atomic E-state index is 0.162. The number of carbonyl (C=O) groups excluding carboxylic acids is 1. The molecule has 8 heteroatoms. The molecule has 0 radical (unpaired) electrons. The summed E-state index contributed by atoms with van der Waals surface area (Å²) in [7, 11) is 3.55. The third-order valence-corrected chi connectivity index (χ3v) is 5.23. The summed E-state index contributed by atoms with van der Waals surface area (Å²) in [6.07, 6.45) is 18.8. The van der Waals surface area contributed by atoms with Crippen molar-refractivity contribution >= 4 is 23.3 Å². The van der Waals surface area contributed by atoms with E-state index in [1.807, 2.05) is 49.3 Å². The number of hydrogen-bond acceptors (Lipinski definition) is 6. The lowest BCUT2D eigenvalue weighted by molar-refractivity contribution is -0.128. The monoisotopic (exact) mass is 487 g/mol. The van der Waals surface area contributed by atoms with Gasteiger partial charge in [0.1, 0.15) is 11.9 Å². The number of amidine groups is 1. The van der Waals surface area contributed by atoms with Crippen LogP contribution in [0.2, 0.25) is 0 Å². The zero-order valence-corrected chi connectivity index (χ0v) is 21.7. The zero-order chi connectivity index (χ0) is 25.5. The maximum absolute atomic E-state index is 11.8. The van der Waals surface area contributed by atoms with Gasteiger partial charge >= 0.3 is 0 Å². The number of hydrogen-bond donors (Lipinski definition) is 2. The van der Waals surface area contributed by atoms with Crippen LogP contribution in [0.15, 0.2) is 88.6 Å². The summed E-state index contributed by atoms with van der Waals surface area (Å²) in [5, 5.41) is 9.84. The van der Waals surface area contributed by atoms with Crippen molar-refractivity contribution < 1.29 is 9.53 Å². The van der Waals surface area contributed by atoms with Crippen molar-refractivity contribution in [2.75, 3.05) is 20.7 Å². The number of nitrogens with one attached hydrogen (secondary N) is 1. The predicted octanol–water partition coefficient (Wildman–Crippen LogP) is 4.90. The van der Waals surface area contributed by atoms with E-state index in [0.29, 0.717) is 5.84 Å². The standard InChI is InChI=1S/C15H22N4O.C11H16ClNO/c1-5-6-7-8-9-12(2)15-17-19(13(3)18(15)4)14(20)10-11-16;1-3-8-13-10-6-4-9(12)5-7-11(10)14-2/h6-11,13H,2,5,16H2,1,3-4H3;5-7,13H,3-4,8H2,1-2H3/b7-6-,9-8-,11-10-;. The van der Waals surface area contributed by atoms with Crippen LogP contribution in [-0.4, -0.2) is 48.5 Å². The zero-order valence-electron chi connectivity index (χ0n) is 20.9. The number of halogens is 1. The molecular weight excluding hydrogens is 450 g/mol. The molecule has 0 spiro atoms. The van der Waals surface area contributed by atoms with E-state index in [4.69, 9.17) is 22.1 Å². The molecule has 1 amide bonds. The van der Waals surface area contributed by atoms with E-state index in [2.05, 4.69) is 43.0 Å². The summed E-state index contributed by atoms with van der Waals surface area (Å²) < 4.78 is 5.26. The van der Waals surface area contributed by atoms with Gasteiger partial charge in [-0.1, -0.05) is 62.4 Å². The SMILES string of the molecule is C=C(/C=C\C=C/CC)C1=NN(C(=O)/C=C\N)C(C)N1C.CCCNC1=CCC(Cl)=CC=C1OC. The molecule has 2 rings (SSSR count). The number of rotatable bonds is 9. The molecule has 1 atom stereocenters. The van der Waals surface area contributed by atoms with Crippen LogP contribution in [0.5, 0.6) is 0 Å². The third kappa shape index (κ3) is 8.98. The molecule has 0 bridgehead atoms. The average Bonchev–Trinajstić information content (AvgIpc) is 3.00. The van der Waals surface area contributed by atoms with Gasteiger partial charge in [-0.05, 0) is 38.1 Å². The lowest BCUT2D eigenvalue weighted by Gasteiger charge is -2.23. The maximum Gasteiger partial charge on any atom is 0.270 e. The number of methoxy groups -OCH3 is 1. The Morgan fingerprint density at radius 2 is 2.09 bits per heavy atom. The Morgan fingerprint density at radius 3 is 2.71 bits per heavy atom. The highest BCUT2D eigenvalue weighted by atomic mass is 35.5. The predicted molar refractivity (Wildman–Crippen MR) is 143 cm³/mol. The normalized spacial score (nSPS) is 18.2. The van der Waals surface area contributed by atoms with Gasteiger partial charge in [0.05, 0.1) is 12.8 Å². The van der Waals surface area contributed by atoms with Gasteiger partial charge in [0.15, 0.2) is 5.84 Å². The van der Waals surface area contributed by atoms with Crippen LogP contribution >= 0.6 is 11.6 Å². The summed E-state index contributed by atoms with van der Waals surface area (Å²) in [5.74, 6) is 1.27. The molecular formula is C26H38ClN5O2. The van der Waals surface area contributed by atoms with Crippen LogP contribution in [0.1, 0.15) is 40.0 Å². The molecule has 1 aliphatic carbocycles. The number of hydrazone groups is 1. The van der Waals surface area contributed by atoms with Crippen molar-refractivity contribution in [2.24, 2.45) is 10.8 Å². The van der Waals surface area contributed by atoms with Crippen molar-refractivity contribution in [3.8, 4) is 0 Å². The Balaban J connectivity index is 0.000000362. The van der Waals surface area contributed by atoms with Crippen molar-refractivity contribution in [1.82, 2.24) is 15.2 Å². The first kappa shape index (κ1) is 28.8. The second-order valence-corrected chi connectivity index (χ2v) is 8.01. The van der Waals surface area contributed by atoms with E-state index in [-0.39, 0.29) is 12.1 Å². The minimum Gasteiger partial charge on any atom is -0.495 e. The largest absolute Gasteiger partial charge is 0.495 e. The topological polar surface area (TPSA) is 83.2 Å². The number of amides is 1. The molecule has 3 N–H and O–H groups in total. The van der Waals surface area contributed by atoms with Gasteiger partial charge in [-0.3, -0.25) is 4.79 Å². The van der Waals surface area contributed by atoms with Gasteiger partial charge in [0.2, 0.25) is 0 Å². The first-order valence-electron chi connectivity index (χ1n) is 11.4. The van der Waals surface area contributed by atoms with Crippen LogP contribution in [0, 0.1) is 0 Å². The van der Waals surface area contributed by atoms with Crippen molar-refractivity contribution in [2.45, 2.75) is 46.2 Å². The van der Waals surface area contributed by atoms with Crippen LogP contribution in [-0.2, 0) is 9.53 Å². The lowest BCUT2D eigenvalue weighted by Crippen LogP contribution is -2.39. The maximum atomic E-state index is 11.8. The molecule has 7 nitrogen and oxygen atoms in total. The van der Waals surface area contributed by atoms with E-state index in [1.54, 1.807) is 7.11 Å². The fourth-order valence-electron chi connectivity index (χ4n) is 2.96. The number of carbonyl (C=O) groups is 1. The molecule has 0 aromatic rings. The molecule has 0 saturated heterocycles. The fourth-order valence-corrected chi connectivity index (χ4v) is 3.10. The van der Waals surface area contributed by atoms with Crippen LogP contribution in [0.25, 0.3) is 0 Å². The summed E-state index contributed by atoms with van der Waals surface area (Å²) in [5.41, 5.74) is 7.02. The van der Waals surface area contributed by atoms with Gasteiger partial charge in [0, 0.05) is 36.7 Å². The Kier molecular flexibility index (Phi) is 13.2. The second-order valence-electron chi connectivity index (χ2n) is 7.53. The molecule has 34 heavy (non-hydrogen) atoms. The van der Waals surface area contributed by atoms with E-state index in [9.17, 15) is 4.79 Å². The van der Waals surface area contributed by atoms with Crippen LogP contribution in [0.4, 0.5) is 0 Å². The Bertz CT molecular complexity index is 912. The van der Waals surface area contributed by atoms with E-state index in [0.717, 1.165) is 47.9 Å². The van der Waals surface area contributed by atoms with Gasteiger partial charge in [-0.15, -0.1) is 5.10 Å². The Hall–Kier alpha value is -3.19. The van der Waals surface area contributed by atoms with Crippen molar-refractivity contribution in [3.63, 3.8) is 0 Å². The number of likely N-dealkylation sites (N-methyl/N-ethyl adjacent to an activating group) is 1. The lowest BCUT2D eigenvalue weighted by atomic mass is 10.2. The fraction of sp³-hybridized carbons (Fsp3) is 0.385. The van der Waals surface area contributed by atoms with E-state index < -0.39 is 0 Å². The number of allylic oxidation sites excluding steroid dienone is 7. The smallest absolute Gasteiger partial charge is 0.270 e. The highest BCUT2D eigenvalue weighted by molar-refractivity contribution is 6.29. The summed E-state index contributed by atoms with van der Waals surface area (Å²) >= 11 is 5.93. The van der Waals surface area contributed by atoms with Gasteiger partial charge in [0.25, 0.3) is 5.91 Å². The average molecular weight is 488 g/mol. The molecule has 1 heterocycles. The third-order valence-electron chi connectivity index (χ3n) is 4.95. The Labute approximate surface area is 209 Å². The molecule has 2 aliphatic rings. The number of nitrogens with two attached hydrogens (primary N) is 1. The first-order valence-corrected chi connectivity index (χ1v) is 11.8. The van der Waals surface area contributed by atoms with Gasteiger partial charge in [-0.25, -0.2) is 5.01 Å². The summed E-state index contributed by atoms with van der Waals surface area (Å²) in [6, 6.07) is 0. The molecule has 186 valence electrons. The number of nitrogens with zero attached hydrogens (tertiary/aromatic N) is 3. The second kappa shape index (κ2) is 15.6. The minimum atomic E-state index is -0.246. The van der Waals surface area contributed by atoms with E-state index >= 15 is 0 Å². The van der Waals surface area contributed by atoms with Crippen LogP contribution < -0.4 is 11.1 Å². The van der Waals surface area contributed by atoms with Crippen molar-refractivity contribution in [3.05, 3.63) is 83.4 Å². The highest BCUT2D eigenvalue weighted by Crippen LogP contribution is 2.20. The molecule has 0 fully saturated rings. The number of ether oxygens (including phenoxy) is 1. The first-order chi connectivity index (χ1) is 16.3. The van der Waals surface area contributed by atoms with E-state index in [1.165, 1.54) is 17.3 Å².